The van der Waals surface area contributed by atoms with Crippen molar-refractivity contribution in [2.45, 2.75) is 70.4 Å². The van der Waals surface area contributed by atoms with Gasteiger partial charge in [0.15, 0.2) is 0 Å². The van der Waals surface area contributed by atoms with Crippen LogP contribution >= 0.6 is 56.5 Å². The second kappa shape index (κ2) is 12.9. The average molecular weight is 749 g/mol. The first-order valence-corrected chi connectivity index (χ1v) is 16.1. The summed E-state index contributed by atoms with van der Waals surface area (Å²) < 4.78 is 8.14. The maximum absolute atomic E-state index is 13.4. The van der Waals surface area contributed by atoms with Crippen LogP contribution in [-0.2, 0) is 19.4 Å². The number of aliphatic imine (C=N–C) groups is 1. The Hall–Kier alpha value is -1.97. The van der Waals surface area contributed by atoms with Gasteiger partial charge in [-0.05, 0) is 125 Å². The maximum atomic E-state index is 13.4. The number of halogens is 2. The number of carbonyl (C=O) groups excluding carboxylic acids is 1. The van der Waals surface area contributed by atoms with Crippen molar-refractivity contribution in [2.24, 2.45) is 4.99 Å². The predicted octanol–water partition coefficient (Wildman–Crippen LogP) is 8.10. The van der Waals surface area contributed by atoms with Crippen LogP contribution in [0.4, 0.5) is 5.00 Å². The summed E-state index contributed by atoms with van der Waals surface area (Å²) in [5.41, 5.74) is 4.66. The number of thiophene rings is 1. The van der Waals surface area contributed by atoms with Gasteiger partial charge in [0, 0.05) is 17.1 Å². The average Bonchev–Trinajstić information content (AvgIpc) is 3.31. The summed E-state index contributed by atoms with van der Waals surface area (Å²) in [6.45, 7) is 0.436. The Bertz CT molecular complexity index is 1360. The molecule has 1 amide bonds. The first-order chi connectivity index (χ1) is 18.5. The van der Waals surface area contributed by atoms with Crippen molar-refractivity contribution >= 4 is 73.6 Å². The van der Waals surface area contributed by atoms with E-state index in [-0.39, 0.29) is 11.9 Å². The fourth-order valence-electron chi connectivity index (χ4n) is 5.14. The third-order valence-corrected chi connectivity index (χ3v) is 9.94. The number of nitriles is 1. The zero-order chi connectivity index (χ0) is 26.5. The molecule has 1 fully saturated rings. The molecule has 0 unspecified atom stereocenters. The van der Waals surface area contributed by atoms with Crippen molar-refractivity contribution in [3.05, 3.63) is 76.2 Å². The fourth-order valence-corrected chi connectivity index (χ4v) is 8.50. The van der Waals surface area contributed by atoms with Crippen LogP contribution in [0.25, 0.3) is 0 Å². The first kappa shape index (κ1) is 27.6. The molecule has 1 heterocycles. The van der Waals surface area contributed by atoms with Gasteiger partial charge in [0.2, 0.25) is 0 Å². The van der Waals surface area contributed by atoms with E-state index in [1.165, 1.54) is 36.1 Å². The zero-order valence-electron chi connectivity index (χ0n) is 21.1. The zero-order valence-corrected chi connectivity index (χ0v) is 26.2. The first-order valence-electron chi connectivity index (χ1n) is 13.1. The highest BCUT2D eigenvalue weighted by molar-refractivity contribution is 14.1. The molecule has 0 spiro atoms. The van der Waals surface area contributed by atoms with Crippen LogP contribution in [0.2, 0.25) is 0 Å². The van der Waals surface area contributed by atoms with E-state index in [1.54, 1.807) is 23.5 Å². The smallest absolute Gasteiger partial charge is 0.254 e. The molecule has 1 aromatic heterocycles. The molecule has 8 heteroatoms. The Morgan fingerprint density at radius 1 is 1.08 bits per heavy atom. The van der Waals surface area contributed by atoms with Crippen molar-refractivity contribution in [3.8, 4) is 11.8 Å². The number of nitrogens with one attached hydrogen (secondary N) is 1. The molecule has 1 saturated carbocycles. The molecule has 196 valence electrons. The van der Waals surface area contributed by atoms with E-state index in [2.05, 4.69) is 68.7 Å². The van der Waals surface area contributed by atoms with Gasteiger partial charge in [0.25, 0.3) is 5.91 Å². The van der Waals surface area contributed by atoms with Gasteiger partial charge in [-0.2, -0.15) is 5.26 Å². The summed E-state index contributed by atoms with van der Waals surface area (Å²) in [6.07, 6.45) is 12.0. The van der Waals surface area contributed by atoms with Gasteiger partial charge in [0.05, 0.1) is 24.3 Å². The van der Waals surface area contributed by atoms with Gasteiger partial charge in [-0.3, -0.25) is 4.79 Å². The third-order valence-electron chi connectivity index (χ3n) is 7.14. The van der Waals surface area contributed by atoms with Crippen molar-refractivity contribution in [3.63, 3.8) is 0 Å². The molecule has 1 N–H and O–H groups in total. The van der Waals surface area contributed by atoms with Crippen molar-refractivity contribution in [2.75, 3.05) is 0 Å². The largest absolute Gasteiger partial charge is 0.487 e. The van der Waals surface area contributed by atoms with E-state index in [0.717, 1.165) is 66.7 Å². The minimum Gasteiger partial charge on any atom is -0.487 e. The number of aryl methyl sites for hydroxylation is 1. The monoisotopic (exact) mass is 749 g/mol. The van der Waals surface area contributed by atoms with Crippen LogP contribution in [0.1, 0.15) is 82.4 Å². The molecule has 0 radical (unpaired) electrons. The molecule has 3 aromatic rings. The number of ether oxygens (including phenoxy) is 1. The van der Waals surface area contributed by atoms with E-state index in [0.29, 0.717) is 12.2 Å². The Morgan fingerprint density at radius 3 is 2.50 bits per heavy atom. The van der Waals surface area contributed by atoms with Gasteiger partial charge in [-0.15, -0.1) is 11.3 Å². The number of nitrogens with zero attached hydrogens (tertiary/aromatic N) is 2. The fraction of sp³-hybridized carbons (Fsp3) is 0.367. The van der Waals surface area contributed by atoms with Crippen LogP contribution in [0.5, 0.6) is 5.75 Å². The number of hydrogen-bond acceptors (Lipinski definition) is 5. The maximum Gasteiger partial charge on any atom is 0.254 e. The van der Waals surface area contributed by atoms with Gasteiger partial charge in [-0.1, -0.05) is 31.4 Å². The molecule has 0 saturated heterocycles. The standard InChI is InChI=1S/C30H29I2N3O2S/c31-24-14-21(15-25(32)28(24)37-18-20-12-10-19(16-33)11-13-20)17-34-30-27(23-8-4-5-9-26(23)38-30)29(36)35-22-6-2-1-3-7-22/h10-15,17,22H,1-9,18H2,(H,35,36). The normalized spacial score (nSPS) is 15.7. The number of rotatable bonds is 7. The molecular weight excluding hydrogens is 720 g/mol. The molecule has 5 nitrogen and oxygen atoms in total. The van der Waals surface area contributed by atoms with Crippen LogP contribution < -0.4 is 10.1 Å². The molecule has 2 aliphatic carbocycles. The highest BCUT2D eigenvalue weighted by Gasteiger charge is 2.27. The summed E-state index contributed by atoms with van der Waals surface area (Å²) in [4.78, 5) is 19.6. The number of amides is 1. The summed E-state index contributed by atoms with van der Waals surface area (Å²) in [5.74, 6) is 0.894. The van der Waals surface area contributed by atoms with E-state index >= 15 is 0 Å². The highest BCUT2D eigenvalue weighted by Crippen LogP contribution is 2.40. The van der Waals surface area contributed by atoms with E-state index < -0.39 is 0 Å². The number of hydrogen-bond donors (Lipinski definition) is 1. The minimum absolute atomic E-state index is 0.0548. The van der Waals surface area contributed by atoms with Crippen LogP contribution in [0, 0.1) is 18.5 Å². The van der Waals surface area contributed by atoms with Gasteiger partial charge < -0.3 is 10.1 Å². The topological polar surface area (TPSA) is 74.5 Å². The summed E-state index contributed by atoms with van der Waals surface area (Å²) in [6, 6.07) is 14.0. The number of carbonyl (C=O) groups is 1. The van der Waals surface area contributed by atoms with Gasteiger partial charge in [-0.25, -0.2) is 4.99 Å². The van der Waals surface area contributed by atoms with Gasteiger partial charge >= 0.3 is 0 Å². The SMILES string of the molecule is N#Cc1ccc(COc2c(I)cc(C=Nc3sc4c(c3C(=O)NC3CCCCC3)CCCC4)cc2I)cc1. The lowest BCUT2D eigenvalue weighted by atomic mass is 9.93. The number of benzene rings is 2. The molecule has 2 aliphatic rings. The quantitative estimate of drug-likeness (QED) is 0.196. The molecule has 2 aromatic carbocycles. The summed E-state index contributed by atoms with van der Waals surface area (Å²) in [7, 11) is 0. The lowest BCUT2D eigenvalue weighted by molar-refractivity contribution is 0.0927. The molecule has 38 heavy (non-hydrogen) atoms. The molecule has 0 aliphatic heterocycles. The highest BCUT2D eigenvalue weighted by atomic mass is 127. The molecule has 0 atom stereocenters. The Labute approximate surface area is 255 Å². The lowest BCUT2D eigenvalue weighted by Gasteiger charge is -2.23. The molecular formula is C30H29I2N3O2S. The Morgan fingerprint density at radius 2 is 1.79 bits per heavy atom. The van der Waals surface area contributed by atoms with Crippen molar-refractivity contribution in [1.82, 2.24) is 5.32 Å². The second-order valence-corrected chi connectivity index (χ2v) is 13.3. The molecule has 5 rings (SSSR count). The van der Waals surface area contributed by atoms with Crippen molar-refractivity contribution < 1.29 is 9.53 Å². The Balaban J connectivity index is 1.34. The van der Waals surface area contributed by atoms with Crippen molar-refractivity contribution in [1.29, 1.82) is 5.26 Å². The third kappa shape index (κ3) is 6.59. The second-order valence-electron chi connectivity index (χ2n) is 9.87. The van der Waals surface area contributed by atoms with Crippen LogP contribution in [-0.4, -0.2) is 18.2 Å². The summed E-state index contributed by atoms with van der Waals surface area (Å²) >= 11 is 6.29. The lowest BCUT2D eigenvalue weighted by Crippen LogP contribution is -2.36. The minimum atomic E-state index is 0.0548. The Kier molecular flexibility index (Phi) is 9.38. The summed E-state index contributed by atoms with van der Waals surface area (Å²) in [5, 5.41) is 13.1. The van der Waals surface area contributed by atoms with E-state index in [9.17, 15) is 4.79 Å². The van der Waals surface area contributed by atoms with Gasteiger partial charge in [0.1, 0.15) is 17.4 Å². The molecule has 0 bridgehead atoms. The number of fused-ring (bicyclic) bond motifs is 1. The van der Waals surface area contributed by atoms with E-state index in [1.807, 2.05) is 18.3 Å². The van der Waals surface area contributed by atoms with E-state index in [4.69, 9.17) is 15.0 Å². The van der Waals surface area contributed by atoms with Crippen LogP contribution in [0.3, 0.4) is 0 Å². The van der Waals surface area contributed by atoms with Crippen LogP contribution in [0.15, 0.2) is 41.4 Å². The predicted molar refractivity (Wildman–Crippen MR) is 170 cm³/mol.